The number of nitrogens with zero attached hydrogens (tertiary/aromatic N) is 1. The number of nitriles is 1. The number of rotatable bonds is 5. The maximum atomic E-state index is 9.32. The van der Waals surface area contributed by atoms with E-state index in [4.69, 9.17) is 4.74 Å². The number of para-hydroxylation sites is 1. The lowest BCUT2D eigenvalue weighted by Crippen LogP contribution is -2.21. The Kier molecular flexibility index (Phi) is 5.59. The van der Waals surface area contributed by atoms with Gasteiger partial charge in [0.2, 0.25) is 0 Å². The van der Waals surface area contributed by atoms with Crippen LogP contribution in [0.3, 0.4) is 0 Å². The predicted octanol–water partition coefficient (Wildman–Crippen LogP) is 4.45. The van der Waals surface area contributed by atoms with Crippen LogP contribution in [0.5, 0.6) is 11.5 Å². The molecular formula is C17H17IN2O. The Morgan fingerprint density at radius 1 is 1.19 bits per heavy atom. The van der Waals surface area contributed by atoms with Gasteiger partial charge >= 0.3 is 0 Å². The molecule has 0 aliphatic heterocycles. The molecule has 0 bridgehead atoms. The van der Waals surface area contributed by atoms with E-state index in [-0.39, 0.29) is 0 Å². The lowest BCUT2D eigenvalue weighted by molar-refractivity contribution is 0.477. The van der Waals surface area contributed by atoms with Crippen LogP contribution in [0.4, 0.5) is 0 Å². The predicted molar refractivity (Wildman–Crippen MR) is 92.4 cm³/mol. The Balaban J connectivity index is 2.21. The molecule has 2 aromatic rings. The van der Waals surface area contributed by atoms with Crippen molar-refractivity contribution in [2.45, 2.75) is 26.4 Å². The summed E-state index contributed by atoms with van der Waals surface area (Å²) in [6, 6.07) is 16.1. The van der Waals surface area contributed by atoms with Crippen LogP contribution >= 0.6 is 22.6 Å². The van der Waals surface area contributed by atoms with Crippen molar-refractivity contribution in [1.29, 1.82) is 5.26 Å². The second kappa shape index (κ2) is 7.43. The minimum Gasteiger partial charge on any atom is -0.455 e. The van der Waals surface area contributed by atoms with Crippen LogP contribution in [0, 0.1) is 14.9 Å². The molecule has 108 valence electrons. The fraction of sp³-hybridized carbons (Fsp3) is 0.235. The number of benzene rings is 2. The molecule has 2 aromatic carbocycles. The monoisotopic (exact) mass is 392 g/mol. The molecule has 0 aromatic heterocycles. The Hall–Kier alpha value is -1.58. The molecule has 0 saturated carbocycles. The zero-order valence-corrected chi connectivity index (χ0v) is 14.2. The van der Waals surface area contributed by atoms with Crippen LogP contribution in [0.2, 0.25) is 0 Å². The summed E-state index contributed by atoms with van der Waals surface area (Å²) in [5, 5.41) is 12.7. The molecule has 0 unspecified atom stereocenters. The van der Waals surface area contributed by atoms with Crippen molar-refractivity contribution < 1.29 is 4.74 Å². The van der Waals surface area contributed by atoms with E-state index in [1.54, 1.807) is 0 Å². The Morgan fingerprint density at radius 2 is 1.95 bits per heavy atom. The highest BCUT2D eigenvalue weighted by molar-refractivity contribution is 14.1. The van der Waals surface area contributed by atoms with Crippen molar-refractivity contribution in [3.63, 3.8) is 0 Å². The molecule has 0 atom stereocenters. The van der Waals surface area contributed by atoms with Gasteiger partial charge in [-0.3, -0.25) is 0 Å². The summed E-state index contributed by atoms with van der Waals surface area (Å²) in [6.45, 7) is 4.94. The number of halogens is 1. The number of hydrogen-bond donors (Lipinski definition) is 1. The van der Waals surface area contributed by atoms with Crippen LogP contribution in [-0.4, -0.2) is 6.04 Å². The van der Waals surface area contributed by atoms with E-state index >= 15 is 0 Å². The van der Waals surface area contributed by atoms with Crippen LogP contribution in [0.1, 0.15) is 25.0 Å². The first kappa shape index (κ1) is 15.8. The van der Waals surface area contributed by atoms with Crippen LogP contribution in [0.15, 0.2) is 42.5 Å². The van der Waals surface area contributed by atoms with E-state index in [9.17, 15) is 5.26 Å². The van der Waals surface area contributed by atoms with Gasteiger partial charge in [-0.05, 0) is 52.4 Å². The molecule has 3 nitrogen and oxygen atoms in total. The first-order valence-corrected chi connectivity index (χ1v) is 7.87. The number of hydrogen-bond acceptors (Lipinski definition) is 3. The van der Waals surface area contributed by atoms with Gasteiger partial charge in [0.05, 0.1) is 9.13 Å². The zero-order valence-electron chi connectivity index (χ0n) is 12.1. The molecule has 0 heterocycles. The smallest absolute Gasteiger partial charge is 0.145 e. The lowest BCUT2D eigenvalue weighted by Gasteiger charge is -2.12. The summed E-state index contributed by atoms with van der Waals surface area (Å²) in [7, 11) is 0. The number of ether oxygens (including phenoxy) is 1. The zero-order chi connectivity index (χ0) is 15.2. The summed E-state index contributed by atoms with van der Waals surface area (Å²) < 4.78 is 6.88. The maximum Gasteiger partial charge on any atom is 0.145 e. The summed E-state index contributed by atoms with van der Waals surface area (Å²) in [5.41, 5.74) is 1.63. The molecule has 0 aliphatic carbocycles. The minimum absolute atomic E-state index is 0.414. The van der Waals surface area contributed by atoms with E-state index in [2.05, 4.69) is 47.8 Å². The highest BCUT2D eigenvalue weighted by atomic mass is 127. The first-order chi connectivity index (χ1) is 10.1. The first-order valence-electron chi connectivity index (χ1n) is 6.79. The quantitative estimate of drug-likeness (QED) is 0.765. The third kappa shape index (κ3) is 4.45. The fourth-order valence-corrected chi connectivity index (χ4v) is 2.33. The van der Waals surface area contributed by atoms with E-state index in [0.717, 1.165) is 21.4 Å². The Bertz CT molecular complexity index is 662. The standard InChI is InChI=1S/C17H17IN2O/c1-12(2)20-11-13-7-8-16(14(9-13)10-19)21-17-6-4-3-5-15(17)18/h3-9,12,20H,11H2,1-2H3. The molecule has 2 rings (SSSR count). The van der Waals surface area contributed by atoms with Crippen molar-refractivity contribution in [2.24, 2.45) is 0 Å². The second-order valence-electron chi connectivity index (χ2n) is 5.01. The van der Waals surface area contributed by atoms with Gasteiger partial charge in [0.15, 0.2) is 0 Å². The van der Waals surface area contributed by atoms with Gasteiger partial charge in [-0.2, -0.15) is 5.26 Å². The average Bonchev–Trinajstić information content (AvgIpc) is 2.48. The summed E-state index contributed by atoms with van der Waals surface area (Å²) in [4.78, 5) is 0. The van der Waals surface area contributed by atoms with Crippen LogP contribution < -0.4 is 10.1 Å². The van der Waals surface area contributed by atoms with E-state index < -0.39 is 0 Å². The van der Waals surface area contributed by atoms with Gasteiger partial charge in [0, 0.05) is 12.6 Å². The van der Waals surface area contributed by atoms with Crippen LogP contribution in [0.25, 0.3) is 0 Å². The molecule has 0 spiro atoms. The maximum absolute atomic E-state index is 9.32. The highest BCUT2D eigenvalue weighted by Gasteiger charge is 2.08. The summed E-state index contributed by atoms with van der Waals surface area (Å²) in [6.07, 6.45) is 0. The molecule has 1 N–H and O–H groups in total. The van der Waals surface area contributed by atoms with Gasteiger partial charge in [-0.15, -0.1) is 0 Å². The van der Waals surface area contributed by atoms with Crippen molar-refractivity contribution in [3.05, 3.63) is 57.2 Å². The van der Waals surface area contributed by atoms with Gasteiger partial charge in [0.25, 0.3) is 0 Å². The van der Waals surface area contributed by atoms with E-state index in [1.807, 2.05) is 42.5 Å². The van der Waals surface area contributed by atoms with E-state index in [1.165, 1.54) is 0 Å². The molecular weight excluding hydrogens is 375 g/mol. The van der Waals surface area contributed by atoms with Crippen LogP contribution in [-0.2, 0) is 6.54 Å². The van der Waals surface area contributed by atoms with Gasteiger partial charge in [0.1, 0.15) is 17.6 Å². The Morgan fingerprint density at radius 3 is 2.62 bits per heavy atom. The highest BCUT2D eigenvalue weighted by Crippen LogP contribution is 2.29. The Labute approximate surface area is 139 Å². The van der Waals surface area contributed by atoms with Crippen molar-refractivity contribution >= 4 is 22.6 Å². The molecule has 21 heavy (non-hydrogen) atoms. The average molecular weight is 392 g/mol. The lowest BCUT2D eigenvalue weighted by atomic mass is 10.1. The van der Waals surface area contributed by atoms with Crippen molar-refractivity contribution in [1.82, 2.24) is 5.32 Å². The summed E-state index contributed by atoms with van der Waals surface area (Å²) in [5.74, 6) is 1.36. The van der Waals surface area contributed by atoms with Crippen molar-refractivity contribution in [2.75, 3.05) is 0 Å². The second-order valence-corrected chi connectivity index (χ2v) is 6.17. The SMILES string of the molecule is CC(C)NCc1ccc(Oc2ccccc2I)c(C#N)c1. The van der Waals surface area contributed by atoms with Crippen molar-refractivity contribution in [3.8, 4) is 17.6 Å². The normalized spacial score (nSPS) is 10.4. The molecule has 4 heteroatoms. The molecule has 0 saturated heterocycles. The fourth-order valence-electron chi connectivity index (χ4n) is 1.83. The largest absolute Gasteiger partial charge is 0.455 e. The molecule has 0 amide bonds. The third-order valence-electron chi connectivity index (χ3n) is 2.94. The third-order valence-corrected chi connectivity index (χ3v) is 3.83. The van der Waals surface area contributed by atoms with Gasteiger partial charge < -0.3 is 10.1 Å². The molecule has 0 aliphatic rings. The minimum atomic E-state index is 0.414. The topological polar surface area (TPSA) is 45.0 Å². The number of nitrogens with one attached hydrogen (secondary N) is 1. The van der Waals surface area contributed by atoms with Gasteiger partial charge in [-0.1, -0.05) is 32.0 Å². The summed E-state index contributed by atoms with van der Waals surface area (Å²) >= 11 is 2.22. The molecule has 0 radical (unpaired) electrons. The molecule has 0 fully saturated rings. The van der Waals surface area contributed by atoms with Gasteiger partial charge in [-0.25, -0.2) is 0 Å². The van der Waals surface area contributed by atoms with E-state index in [0.29, 0.717) is 17.4 Å².